The predicted octanol–water partition coefficient (Wildman–Crippen LogP) is 2.81. The minimum Gasteiger partial charge on any atom is -0.344 e. The summed E-state index contributed by atoms with van der Waals surface area (Å²) in [5.74, 6) is 0. The van der Waals surface area contributed by atoms with E-state index in [9.17, 15) is 4.79 Å². The fourth-order valence-electron chi connectivity index (χ4n) is 3.23. The lowest BCUT2D eigenvalue weighted by Gasteiger charge is -2.29. The molecule has 0 unspecified atom stereocenters. The number of aldehydes is 1. The number of hydrogen-bond acceptors (Lipinski definition) is 2. The van der Waals surface area contributed by atoms with Crippen LogP contribution in [0.4, 0.5) is 5.69 Å². The van der Waals surface area contributed by atoms with Crippen LogP contribution >= 0.6 is 0 Å². The van der Waals surface area contributed by atoms with Crippen LogP contribution in [0.25, 0.3) is 0 Å². The third-order valence-electron chi connectivity index (χ3n) is 4.05. The second-order valence-electron chi connectivity index (χ2n) is 5.38. The summed E-state index contributed by atoms with van der Waals surface area (Å²) >= 11 is 0. The summed E-state index contributed by atoms with van der Waals surface area (Å²) in [4.78, 5) is 13.2. The molecule has 1 aromatic carbocycles. The van der Waals surface area contributed by atoms with Gasteiger partial charge in [-0.2, -0.15) is 0 Å². The topological polar surface area (TPSA) is 20.3 Å². The third-order valence-corrected chi connectivity index (χ3v) is 4.05. The highest BCUT2D eigenvalue weighted by atomic mass is 16.1. The highest BCUT2D eigenvalue weighted by Crippen LogP contribution is 2.50. The van der Waals surface area contributed by atoms with Gasteiger partial charge in [0.15, 0.2) is 0 Å². The third kappa shape index (κ3) is 1.30. The van der Waals surface area contributed by atoms with Gasteiger partial charge in [-0.25, -0.2) is 0 Å². The second kappa shape index (κ2) is 3.46. The zero-order chi connectivity index (χ0) is 12.0. The lowest BCUT2D eigenvalue weighted by molar-refractivity contribution is -0.104. The van der Waals surface area contributed by atoms with E-state index < -0.39 is 0 Å². The number of hydrogen-bond donors (Lipinski definition) is 0. The Bertz CT molecular complexity index is 514. The van der Waals surface area contributed by atoms with E-state index in [1.54, 1.807) is 6.08 Å². The van der Waals surface area contributed by atoms with E-state index >= 15 is 0 Å². The van der Waals surface area contributed by atoms with Gasteiger partial charge in [0.25, 0.3) is 0 Å². The van der Waals surface area contributed by atoms with Crippen molar-refractivity contribution >= 4 is 12.0 Å². The molecule has 0 spiro atoms. The fourth-order valence-corrected chi connectivity index (χ4v) is 3.23. The maximum Gasteiger partial charge on any atom is 0.144 e. The fraction of sp³-hybridized carbons (Fsp3) is 0.400. The smallest absolute Gasteiger partial charge is 0.144 e. The molecule has 0 aliphatic carbocycles. The summed E-state index contributed by atoms with van der Waals surface area (Å²) in [7, 11) is 0. The monoisotopic (exact) mass is 227 g/mol. The summed E-state index contributed by atoms with van der Waals surface area (Å²) < 4.78 is 0. The van der Waals surface area contributed by atoms with Crippen LogP contribution in [0.15, 0.2) is 30.0 Å². The average Bonchev–Trinajstić information content (AvgIpc) is 2.54. The van der Waals surface area contributed by atoms with Crippen molar-refractivity contribution in [1.82, 2.24) is 0 Å². The first-order valence-corrected chi connectivity index (χ1v) is 6.22. The predicted molar refractivity (Wildman–Crippen MR) is 69.3 cm³/mol. The molecule has 2 heterocycles. The van der Waals surface area contributed by atoms with Crippen LogP contribution in [-0.4, -0.2) is 12.8 Å². The molecular weight excluding hydrogens is 210 g/mol. The zero-order valence-corrected chi connectivity index (χ0v) is 10.4. The van der Waals surface area contributed by atoms with Gasteiger partial charge in [-0.1, -0.05) is 32.0 Å². The molecule has 2 aliphatic heterocycles. The van der Waals surface area contributed by atoms with Crippen LogP contribution in [0.5, 0.6) is 0 Å². The molecule has 0 fully saturated rings. The minimum atomic E-state index is -0.0450. The minimum absolute atomic E-state index is 0.0450. The summed E-state index contributed by atoms with van der Waals surface area (Å²) in [6.45, 7) is 5.44. The number of rotatable bonds is 1. The van der Waals surface area contributed by atoms with Crippen molar-refractivity contribution < 1.29 is 4.79 Å². The summed E-state index contributed by atoms with van der Waals surface area (Å²) in [5, 5.41) is 0. The van der Waals surface area contributed by atoms with Crippen molar-refractivity contribution in [2.75, 3.05) is 11.4 Å². The molecule has 0 N–H and O–H groups in total. The number of anilines is 1. The number of carbonyl (C=O) groups excluding carboxylic acids is 1. The van der Waals surface area contributed by atoms with Crippen LogP contribution in [0, 0.1) is 0 Å². The first-order chi connectivity index (χ1) is 8.16. The van der Waals surface area contributed by atoms with Crippen molar-refractivity contribution in [3.63, 3.8) is 0 Å². The molecule has 2 aliphatic rings. The number of allylic oxidation sites excluding steroid dienone is 2. The Balaban J connectivity index is 2.28. The molecule has 2 heteroatoms. The van der Waals surface area contributed by atoms with Gasteiger partial charge in [-0.15, -0.1) is 0 Å². The summed E-state index contributed by atoms with van der Waals surface area (Å²) in [5.41, 5.74) is 5.25. The average molecular weight is 227 g/mol. The Morgan fingerprint density at radius 1 is 1.35 bits per heavy atom. The first-order valence-electron chi connectivity index (χ1n) is 6.22. The highest BCUT2D eigenvalue weighted by Gasteiger charge is 2.41. The molecule has 0 saturated carbocycles. The van der Waals surface area contributed by atoms with Gasteiger partial charge in [0.2, 0.25) is 0 Å². The molecule has 1 aromatic rings. The number of carbonyl (C=O) groups is 1. The summed E-state index contributed by atoms with van der Waals surface area (Å²) in [6.07, 6.45) is 4.97. The van der Waals surface area contributed by atoms with E-state index in [1.165, 1.54) is 23.2 Å². The van der Waals surface area contributed by atoms with Crippen LogP contribution < -0.4 is 4.90 Å². The van der Waals surface area contributed by atoms with E-state index in [4.69, 9.17) is 0 Å². The quantitative estimate of drug-likeness (QED) is 0.543. The molecule has 17 heavy (non-hydrogen) atoms. The lowest BCUT2D eigenvalue weighted by atomic mass is 9.83. The Kier molecular flexibility index (Phi) is 2.15. The largest absolute Gasteiger partial charge is 0.344 e. The zero-order valence-electron chi connectivity index (χ0n) is 10.4. The van der Waals surface area contributed by atoms with Gasteiger partial charge in [0.1, 0.15) is 6.29 Å². The number of aryl methyl sites for hydroxylation is 1. The van der Waals surface area contributed by atoms with E-state index in [2.05, 4.69) is 36.9 Å². The van der Waals surface area contributed by atoms with Crippen molar-refractivity contribution in [1.29, 1.82) is 0 Å². The number of benzene rings is 1. The SMILES string of the molecule is CC1(C)C(=CC=O)N2CCCc3cccc1c32. The highest BCUT2D eigenvalue weighted by molar-refractivity contribution is 5.79. The van der Waals surface area contributed by atoms with E-state index in [-0.39, 0.29) is 5.41 Å². The maximum absolute atomic E-state index is 10.9. The van der Waals surface area contributed by atoms with E-state index in [0.29, 0.717) is 0 Å². The maximum atomic E-state index is 10.9. The van der Waals surface area contributed by atoms with Crippen molar-refractivity contribution in [2.45, 2.75) is 32.1 Å². The first kappa shape index (κ1) is 10.6. The van der Waals surface area contributed by atoms with Gasteiger partial charge in [-0.3, -0.25) is 4.79 Å². The summed E-state index contributed by atoms with van der Waals surface area (Å²) in [6, 6.07) is 6.55. The van der Waals surface area contributed by atoms with Gasteiger partial charge in [-0.05, 0) is 30.0 Å². The molecular formula is C15H17NO. The molecule has 2 nitrogen and oxygen atoms in total. The Labute approximate surface area is 102 Å². The van der Waals surface area contributed by atoms with Crippen molar-refractivity contribution in [2.24, 2.45) is 0 Å². The Morgan fingerprint density at radius 3 is 2.94 bits per heavy atom. The van der Waals surface area contributed by atoms with E-state index in [1.807, 2.05) is 0 Å². The molecule has 0 aromatic heterocycles. The lowest BCUT2D eigenvalue weighted by Crippen LogP contribution is -2.29. The number of para-hydroxylation sites is 1. The van der Waals surface area contributed by atoms with Gasteiger partial charge in [0.05, 0.1) is 0 Å². The Hall–Kier alpha value is -1.57. The van der Waals surface area contributed by atoms with Gasteiger partial charge in [0, 0.05) is 23.3 Å². The Morgan fingerprint density at radius 2 is 2.18 bits per heavy atom. The second-order valence-corrected chi connectivity index (χ2v) is 5.38. The molecule has 0 radical (unpaired) electrons. The standard InChI is InChI=1S/C15H17NO/c1-15(2)12-7-3-5-11-6-4-9-16(14(11)12)13(15)8-10-17/h3,5,7-8,10H,4,6,9H2,1-2H3. The van der Waals surface area contributed by atoms with Crippen LogP contribution in [-0.2, 0) is 16.6 Å². The van der Waals surface area contributed by atoms with Gasteiger partial charge < -0.3 is 4.90 Å². The van der Waals surface area contributed by atoms with Crippen LogP contribution in [0.1, 0.15) is 31.4 Å². The molecule has 3 rings (SSSR count). The molecule has 88 valence electrons. The van der Waals surface area contributed by atoms with Crippen LogP contribution in [0.2, 0.25) is 0 Å². The number of nitrogens with zero attached hydrogens (tertiary/aromatic N) is 1. The van der Waals surface area contributed by atoms with Crippen molar-refractivity contribution in [3.05, 3.63) is 41.1 Å². The van der Waals surface area contributed by atoms with Crippen molar-refractivity contribution in [3.8, 4) is 0 Å². The normalized spacial score (nSPS) is 22.7. The molecule has 0 saturated heterocycles. The molecule has 0 atom stereocenters. The molecule has 0 amide bonds. The van der Waals surface area contributed by atoms with Gasteiger partial charge >= 0.3 is 0 Å². The van der Waals surface area contributed by atoms with E-state index in [0.717, 1.165) is 24.9 Å². The molecule has 0 bridgehead atoms. The van der Waals surface area contributed by atoms with Crippen LogP contribution in [0.3, 0.4) is 0 Å².